The average Bonchev–Trinajstić information content (AvgIpc) is 3.26. The van der Waals surface area contributed by atoms with Crippen LogP contribution in [0, 0.1) is 11.8 Å². The first-order valence-electron chi connectivity index (χ1n) is 14.4. The molecule has 0 aliphatic carbocycles. The van der Waals surface area contributed by atoms with E-state index in [2.05, 4.69) is 13.8 Å². The van der Waals surface area contributed by atoms with Crippen molar-refractivity contribution in [1.82, 2.24) is 19.4 Å². The van der Waals surface area contributed by atoms with Crippen LogP contribution in [-0.2, 0) is 16.0 Å². The van der Waals surface area contributed by atoms with Gasteiger partial charge in [-0.3, -0.25) is 4.79 Å². The third-order valence-electron chi connectivity index (χ3n) is 7.16. The van der Waals surface area contributed by atoms with Crippen LogP contribution in [0.25, 0.3) is 11.0 Å². The van der Waals surface area contributed by atoms with Crippen molar-refractivity contribution in [3.63, 3.8) is 0 Å². The number of methoxy groups -OCH3 is 1. The lowest BCUT2D eigenvalue weighted by Crippen LogP contribution is -2.57. The highest BCUT2D eigenvalue weighted by Crippen LogP contribution is 2.29. The number of likely N-dealkylation sites (tertiary alicyclic amines) is 1. The van der Waals surface area contributed by atoms with E-state index < -0.39 is 17.8 Å². The van der Waals surface area contributed by atoms with Crippen LogP contribution in [0.1, 0.15) is 77.8 Å². The monoisotopic (exact) mass is 544 g/mol. The SMILES string of the molecule is CCC(O)C1C[C@H](N(CC(C)C)C(=O)c2nc3ccccc3n2CCCCOC)CN(C(=O)OC(C)(C)C)C1. The lowest BCUT2D eigenvalue weighted by molar-refractivity contribution is -0.0186. The molecular formula is C30H48N4O5. The smallest absolute Gasteiger partial charge is 0.410 e. The van der Waals surface area contributed by atoms with Crippen molar-refractivity contribution >= 4 is 23.0 Å². The van der Waals surface area contributed by atoms with Gasteiger partial charge >= 0.3 is 6.09 Å². The van der Waals surface area contributed by atoms with E-state index in [0.717, 1.165) is 23.9 Å². The van der Waals surface area contributed by atoms with Gasteiger partial charge in [-0.1, -0.05) is 32.9 Å². The summed E-state index contributed by atoms with van der Waals surface area (Å²) in [5, 5.41) is 10.8. The molecule has 2 unspecified atom stereocenters. The Kier molecular flexibility index (Phi) is 10.8. The summed E-state index contributed by atoms with van der Waals surface area (Å²) in [5.41, 5.74) is 1.08. The summed E-state index contributed by atoms with van der Waals surface area (Å²) in [4.78, 5) is 35.8. The minimum absolute atomic E-state index is 0.146. The van der Waals surface area contributed by atoms with Crippen LogP contribution in [0.5, 0.6) is 0 Å². The minimum Gasteiger partial charge on any atom is -0.444 e. The molecule has 0 spiro atoms. The fourth-order valence-corrected chi connectivity index (χ4v) is 5.33. The zero-order valence-corrected chi connectivity index (χ0v) is 24.9. The molecular weight excluding hydrogens is 496 g/mol. The molecule has 1 N–H and O–H groups in total. The fourth-order valence-electron chi connectivity index (χ4n) is 5.33. The summed E-state index contributed by atoms with van der Waals surface area (Å²) in [6.07, 6.45) is 1.95. The van der Waals surface area contributed by atoms with Gasteiger partial charge < -0.3 is 28.9 Å². The normalized spacial score (nSPS) is 18.9. The Morgan fingerprint density at radius 3 is 2.54 bits per heavy atom. The van der Waals surface area contributed by atoms with Crippen LogP contribution in [-0.4, -0.2) is 87.6 Å². The molecule has 1 saturated heterocycles. The molecule has 3 atom stereocenters. The molecule has 9 heteroatoms. The van der Waals surface area contributed by atoms with Gasteiger partial charge in [-0.15, -0.1) is 0 Å². The zero-order chi connectivity index (χ0) is 28.7. The second kappa shape index (κ2) is 13.6. The summed E-state index contributed by atoms with van der Waals surface area (Å²) < 4.78 is 12.9. The molecule has 1 aliphatic heterocycles. The molecule has 3 rings (SSSR count). The third-order valence-corrected chi connectivity index (χ3v) is 7.16. The van der Waals surface area contributed by atoms with Gasteiger partial charge in [0.2, 0.25) is 0 Å². The lowest BCUT2D eigenvalue weighted by Gasteiger charge is -2.44. The molecule has 1 aliphatic rings. The number of fused-ring (bicyclic) bond motifs is 1. The first-order valence-corrected chi connectivity index (χ1v) is 14.4. The molecule has 1 aromatic heterocycles. The van der Waals surface area contributed by atoms with E-state index >= 15 is 0 Å². The van der Waals surface area contributed by atoms with Crippen molar-refractivity contribution in [3.8, 4) is 0 Å². The molecule has 0 radical (unpaired) electrons. The van der Waals surface area contributed by atoms with Gasteiger partial charge in [0.05, 0.1) is 23.2 Å². The predicted octanol–water partition coefficient (Wildman–Crippen LogP) is 4.96. The minimum atomic E-state index is -0.635. The van der Waals surface area contributed by atoms with Crippen molar-refractivity contribution < 1.29 is 24.2 Å². The van der Waals surface area contributed by atoms with E-state index in [1.54, 1.807) is 12.0 Å². The lowest BCUT2D eigenvalue weighted by atomic mass is 9.87. The number of aliphatic hydroxyl groups is 1. The van der Waals surface area contributed by atoms with Crippen molar-refractivity contribution in [3.05, 3.63) is 30.1 Å². The van der Waals surface area contributed by atoms with Crippen LogP contribution in [0.2, 0.25) is 0 Å². The van der Waals surface area contributed by atoms with Crippen molar-refractivity contribution in [2.24, 2.45) is 11.8 Å². The van der Waals surface area contributed by atoms with Gasteiger partial charge in [-0.2, -0.15) is 0 Å². The Balaban J connectivity index is 1.97. The maximum atomic E-state index is 14.3. The molecule has 2 heterocycles. The number of carbonyl (C=O) groups excluding carboxylic acids is 2. The molecule has 1 aromatic carbocycles. The standard InChI is InChI=1S/C30H48N4O5/c1-8-26(35)22-17-23(20-32(19-22)29(37)39-30(4,5)6)34(18-21(2)3)28(36)27-31-24-13-9-10-14-25(24)33(27)15-11-12-16-38-7/h9-10,13-14,21-23,26,35H,8,11-12,15-20H2,1-7H3/t22?,23-,26?/m0/s1. The fraction of sp³-hybridized carbons (Fsp3) is 0.700. The number of aromatic nitrogens is 2. The molecule has 39 heavy (non-hydrogen) atoms. The number of imidazole rings is 1. The van der Waals surface area contributed by atoms with Crippen molar-refractivity contribution in [1.29, 1.82) is 0 Å². The number of hydrogen-bond donors (Lipinski definition) is 1. The van der Waals surface area contributed by atoms with Crippen molar-refractivity contribution in [2.45, 2.75) is 91.5 Å². The number of nitrogens with zero attached hydrogens (tertiary/aromatic N) is 4. The second-order valence-corrected chi connectivity index (χ2v) is 12.1. The van der Waals surface area contributed by atoms with Gasteiger partial charge in [-0.25, -0.2) is 9.78 Å². The Bertz CT molecular complexity index is 1090. The van der Waals surface area contributed by atoms with Gasteiger partial charge in [0.15, 0.2) is 5.82 Å². The van der Waals surface area contributed by atoms with Gasteiger partial charge in [0.25, 0.3) is 5.91 Å². The van der Waals surface area contributed by atoms with Crippen LogP contribution >= 0.6 is 0 Å². The Hall–Kier alpha value is -2.65. The van der Waals surface area contributed by atoms with Gasteiger partial charge in [-0.05, 0) is 64.5 Å². The molecule has 0 bridgehead atoms. The van der Waals surface area contributed by atoms with E-state index in [9.17, 15) is 14.7 Å². The molecule has 2 amide bonds. The Labute approximate surface area is 233 Å². The summed E-state index contributed by atoms with van der Waals surface area (Å²) in [7, 11) is 1.69. The average molecular weight is 545 g/mol. The van der Waals surface area contributed by atoms with E-state index in [4.69, 9.17) is 14.5 Å². The highest BCUT2D eigenvalue weighted by molar-refractivity contribution is 5.95. The molecule has 218 valence electrons. The Morgan fingerprint density at radius 1 is 1.18 bits per heavy atom. The highest BCUT2D eigenvalue weighted by atomic mass is 16.6. The topological polar surface area (TPSA) is 97.1 Å². The number of amides is 2. The quantitative estimate of drug-likeness (QED) is 0.402. The summed E-state index contributed by atoms with van der Waals surface area (Å²) in [5.74, 6) is 0.320. The predicted molar refractivity (Wildman–Crippen MR) is 153 cm³/mol. The van der Waals surface area contributed by atoms with Crippen molar-refractivity contribution in [2.75, 3.05) is 33.4 Å². The summed E-state index contributed by atoms with van der Waals surface area (Å²) in [6.45, 7) is 14.2. The zero-order valence-electron chi connectivity index (χ0n) is 24.9. The maximum absolute atomic E-state index is 14.3. The third kappa shape index (κ3) is 8.18. The van der Waals surface area contributed by atoms with Gasteiger partial charge in [0.1, 0.15) is 5.60 Å². The number of para-hydroxylation sites is 2. The van der Waals surface area contributed by atoms with Crippen LogP contribution in [0.15, 0.2) is 24.3 Å². The van der Waals surface area contributed by atoms with E-state index in [1.165, 1.54) is 0 Å². The maximum Gasteiger partial charge on any atom is 0.410 e. The number of ether oxygens (including phenoxy) is 2. The molecule has 9 nitrogen and oxygen atoms in total. The summed E-state index contributed by atoms with van der Waals surface area (Å²) in [6, 6.07) is 7.56. The van der Waals surface area contributed by atoms with Crippen LogP contribution in [0.3, 0.4) is 0 Å². The van der Waals surface area contributed by atoms with E-state index in [0.29, 0.717) is 51.5 Å². The number of aliphatic hydroxyl groups excluding tert-OH is 1. The second-order valence-electron chi connectivity index (χ2n) is 12.1. The molecule has 1 fully saturated rings. The number of benzene rings is 1. The van der Waals surface area contributed by atoms with Gasteiger partial charge in [0, 0.05) is 45.8 Å². The van der Waals surface area contributed by atoms with E-state index in [1.807, 2.05) is 61.4 Å². The number of hydrogen-bond acceptors (Lipinski definition) is 6. The number of aryl methyl sites for hydroxylation is 1. The first-order chi connectivity index (χ1) is 18.4. The molecule has 2 aromatic rings. The summed E-state index contributed by atoms with van der Waals surface area (Å²) >= 11 is 0. The number of rotatable bonds is 11. The first kappa shape index (κ1) is 30.9. The highest BCUT2D eigenvalue weighted by Gasteiger charge is 2.40. The van der Waals surface area contributed by atoms with E-state index in [-0.39, 0.29) is 23.8 Å². The Morgan fingerprint density at radius 2 is 1.90 bits per heavy atom. The molecule has 0 saturated carbocycles. The number of piperidine rings is 1. The number of carbonyl (C=O) groups is 2. The largest absolute Gasteiger partial charge is 0.444 e. The van der Waals surface area contributed by atoms with Crippen LogP contribution < -0.4 is 0 Å². The van der Waals surface area contributed by atoms with Crippen LogP contribution in [0.4, 0.5) is 4.79 Å². The number of unbranched alkanes of at least 4 members (excludes halogenated alkanes) is 1.